The first-order valence-electron chi connectivity index (χ1n) is 23.1. The molecule has 1 fully saturated rings. The number of aliphatic hydroxyl groups excluding tert-OH is 12. The van der Waals surface area contributed by atoms with Crippen molar-refractivity contribution < 1.29 is 132 Å². The molecule has 1 aliphatic rings. The van der Waals surface area contributed by atoms with E-state index in [2.05, 4.69) is 71.1 Å². The molecule has 75 heavy (non-hydrogen) atoms. The molecule has 0 amide bonds. The molecule has 1 aliphatic carbocycles. The second-order valence-electron chi connectivity index (χ2n) is 15.7. The summed E-state index contributed by atoms with van der Waals surface area (Å²) in [5, 5.41) is 111. The van der Waals surface area contributed by atoms with E-state index in [0.29, 0.717) is 19.3 Å². The average Bonchev–Trinajstić information content (AvgIpc) is 3.33. The molecule has 0 bridgehead atoms. The summed E-state index contributed by atoms with van der Waals surface area (Å²) >= 11 is 0. The van der Waals surface area contributed by atoms with Gasteiger partial charge in [0.05, 0.1) is 174 Å². The van der Waals surface area contributed by atoms with Gasteiger partial charge in [-0.1, -0.05) is 0 Å². The zero-order chi connectivity index (χ0) is 54.6. The van der Waals surface area contributed by atoms with Crippen molar-refractivity contribution in [1.82, 2.24) is 0 Å². The van der Waals surface area contributed by atoms with Gasteiger partial charge >= 0.3 is 0 Å². The van der Waals surface area contributed by atoms with Gasteiger partial charge in [0.25, 0.3) is 0 Å². The topological polar surface area (TPSA) is 381 Å². The van der Waals surface area contributed by atoms with Crippen LogP contribution in [0.2, 0.25) is 0 Å². The standard InChI is InChI=1S/C27H51O15.3C6H13O4.3Rf/c1-34-7-19(28)10-37-13-22(31)16-40-25-4-26(41-17-23(32)14-38-11-20(29)8-35-2)6-27(5-25)42-18-24(33)15-39-12-21(30)9-36-3;3*1-9-4-6(8)5-10-3-2-7;;;/h19-33H,1-18H2;3*6-8H,1-5H2;;;/q-3;3*-1;;;. The van der Waals surface area contributed by atoms with E-state index in [9.17, 15) is 30.6 Å². The molecule has 0 aliphatic heterocycles. The van der Waals surface area contributed by atoms with Gasteiger partial charge in [-0.2, -0.15) is 0 Å². The fraction of sp³-hybridized carbons (Fsp3) is 0.867. The average molecular weight is 1860 g/mol. The summed E-state index contributed by atoms with van der Waals surface area (Å²) in [6, 6.07) is 0. The van der Waals surface area contributed by atoms with Crippen LogP contribution in [-0.4, -0.2) is 293 Å². The Hall–Kier alpha value is -4.08. The molecule has 1 rings (SSSR count). The number of hydrogen-bond acceptors (Lipinski definition) is 27. The molecular weight excluding hydrogens is 1770 g/mol. The normalized spacial score (nSPS) is 18.7. The van der Waals surface area contributed by atoms with Crippen molar-refractivity contribution in [3.05, 3.63) is 42.7 Å². The molecule has 9 atom stereocenters. The molecule has 0 saturated heterocycles. The third-order valence-electron chi connectivity index (χ3n) is 8.51. The minimum absolute atomic E-state index is 0. The SMILES string of the molecule is [CH2-]OCC(O)COCC(O)COC1CC(OCC(O)COCC(O)CO[CH2-])CC(OCC(O)COCC(O)CO[CH2-])C1.[CH2-]OCC(O)COCCO.[CH2-]OCC(O)COCCO.[CH2-]OCC(O)COCCO.[Rf].[Rf].[Rf]. The van der Waals surface area contributed by atoms with E-state index < -0.39 is 54.9 Å². The van der Waals surface area contributed by atoms with E-state index in [-0.39, 0.29) is 177 Å². The van der Waals surface area contributed by atoms with Crippen molar-refractivity contribution in [2.45, 2.75) is 92.5 Å². The van der Waals surface area contributed by atoms with Gasteiger partial charge in [-0.15, -0.1) is 0 Å². The minimum Gasteiger partial charge on any atom is -0.553 e. The van der Waals surface area contributed by atoms with E-state index in [1.807, 2.05) is 0 Å². The molecule has 12 N–H and O–H groups in total. The summed E-state index contributed by atoms with van der Waals surface area (Å²) in [6.45, 7) is 1.38. The predicted molar refractivity (Wildman–Crippen MR) is 251 cm³/mol. The van der Waals surface area contributed by atoms with Crippen LogP contribution in [0.1, 0.15) is 19.3 Å². The molecule has 0 spiro atoms. The van der Waals surface area contributed by atoms with Crippen molar-refractivity contribution in [2.24, 2.45) is 0 Å². The van der Waals surface area contributed by atoms with Crippen LogP contribution in [0.25, 0.3) is 0 Å². The van der Waals surface area contributed by atoms with Crippen LogP contribution in [0.5, 0.6) is 0 Å². The molecule has 27 nitrogen and oxygen atoms in total. The van der Waals surface area contributed by atoms with E-state index in [0.717, 1.165) is 0 Å². The van der Waals surface area contributed by atoms with Crippen LogP contribution >= 0.6 is 0 Å². The largest absolute Gasteiger partial charge is 0.553 e. The summed E-state index contributed by atoms with van der Waals surface area (Å²) in [5.74, 6) is 0. The Balaban J connectivity index is -0.000000291. The second kappa shape index (κ2) is 60.8. The fourth-order valence-corrected chi connectivity index (χ4v) is 5.44. The first-order valence-corrected chi connectivity index (χ1v) is 23.1. The summed E-state index contributed by atoms with van der Waals surface area (Å²) in [7, 11) is 18.8. The van der Waals surface area contributed by atoms with Crippen LogP contribution in [0.3, 0.4) is 0 Å². The predicted octanol–water partition coefficient (Wildman–Crippen LogP) is -4.54. The summed E-state index contributed by atoms with van der Waals surface area (Å²) < 4.78 is 74.8. The smallest absolute Gasteiger partial charge is 0.101 e. The van der Waals surface area contributed by atoms with Crippen LogP contribution in [0.15, 0.2) is 0 Å². The number of ether oxygens (including phenoxy) is 15. The molecule has 1 saturated carbocycles. The van der Waals surface area contributed by atoms with E-state index in [1.165, 1.54) is 0 Å². The Morgan fingerprint density at radius 1 is 0.267 bits per heavy atom. The Morgan fingerprint density at radius 2 is 0.427 bits per heavy atom. The molecule has 0 radical (unpaired) electrons. The van der Waals surface area contributed by atoms with Crippen molar-refractivity contribution >= 4 is 0 Å². The maximum absolute atomic E-state index is 10.2. The van der Waals surface area contributed by atoms with E-state index >= 15 is 0 Å². The summed E-state index contributed by atoms with van der Waals surface area (Å²) in [4.78, 5) is 0. The Kier molecular flexibility index (Phi) is 66.7. The third-order valence-corrected chi connectivity index (χ3v) is 8.51. The van der Waals surface area contributed by atoms with Gasteiger partial charge in [-0.05, 0) is 19.3 Å². The van der Waals surface area contributed by atoms with Gasteiger partial charge in [-0.25, -0.2) is 42.7 Å². The Bertz CT molecular complexity index is 938. The van der Waals surface area contributed by atoms with Gasteiger partial charge < -0.3 is 132 Å². The number of aliphatic hydroxyl groups is 12. The van der Waals surface area contributed by atoms with Crippen LogP contribution in [-0.2, 0) is 71.1 Å². The van der Waals surface area contributed by atoms with Gasteiger partial charge in [0.1, 0.15) is 18.3 Å². The van der Waals surface area contributed by atoms with Crippen LogP contribution in [0, 0.1) is 42.7 Å². The second-order valence-corrected chi connectivity index (χ2v) is 15.7. The van der Waals surface area contributed by atoms with Gasteiger partial charge in [0, 0.05) is 39.6 Å². The first kappa shape index (κ1) is 82.3. The molecular formula is C45H90O27Rf3-6. The third kappa shape index (κ3) is 59.0. The van der Waals surface area contributed by atoms with E-state index in [4.69, 9.17) is 73.3 Å². The Labute approximate surface area is 425 Å². The van der Waals surface area contributed by atoms with Crippen molar-refractivity contribution in [1.29, 1.82) is 0 Å². The molecule has 30 heteroatoms. The van der Waals surface area contributed by atoms with Gasteiger partial charge in [0.2, 0.25) is 0 Å². The van der Waals surface area contributed by atoms with Crippen molar-refractivity contribution in [3.8, 4) is 0 Å². The summed E-state index contributed by atoms with van der Waals surface area (Å²) in [5.41, 5.74) is 0. The Morgan fingerprint density at radius 3 is 0.587 bits per heavy atom. The maximum Gasteiger partial charge on any atom is 0.101 e. The minimum atomic E-state index is -0.940. The van der Waals surface area contributed by atoms with Crippen LogP contribution in [0.4, 0.5) is 0 Å². The van der Waals surface area contributed by atoms with Gasteiger partial charge in [-0.3, -0.25) is 0 Å². The number of rotatable bonds is 45. The quantitative estimate of drug-likeness (QED) is 0.0202. The summed E-state index contributed by atoms with van der Waals surface area (Å²) in [6.07, 6.45) is -6.99. The van der Waals surface area contributed by atoms with E-state index in [1.54, 1.807) is 0 Å². The molecule has 0 aromatic carbocycles. The fourth-order valence-electron chi connectivity index (χ4n) is 5.44. The maximum atomic E-state index is 10.2. The molecule has 9 unspecified atom stereocenters. The van der Waals surface area contributed by atoms with Gasteiger partial charge in [0.15, 0.2) is 0 Å². The molecule has 444 valence electrons. The number of hydrogen-bond donors (Lipinski definition) is 12. The zero-order valence-corrected chi connectivity index (χ0v) is 63.1. The van der Waals surface area contributed by atoms with Crippen LogP contribution < -0.4 is 0 Å². The zero-order valence-electron chi connectivity index (χ0n) is 43.9. The van der Waals surface area contributed by atoms with Crippen molar-refractivity contribution in [2.75, 3.05) is 159 Å². The molecule has 0 heterocycles. The monoisotopic (exact) mass is 1860 g/mol. The van der Waals surface area contributed by atoms with Crippen molar-refractivity contribution in [3.63, 3.8) is 0 Å². The first-order chi connectivity index (χ1) is 34.6. The molecule has 0 aromatic rings. The molecule has 0 aromatic heterocycles.